The summed E-state index contributed by atoms with van der Waals surface area (Å²) in [6.45, 7) is 9.68. The first-order chi connectivity index (χ1) is 19.9. The summed E-state index contributed by atoms with van der Waals surface area (Å²) in [5, 5.41) is 45.5. The third kappa shape index (κ3) is 10.1. The number of aliphatic hydroxyl groups excluding tert-OH is 3. The summed E-state index contributed by atoms with van der Waals surface area (Å²) in [7, 11) is 1.46. The molecule has 1 amide bonds. The SMILES string of the molecule is CCC[C@H](O)[C@@H](C)C(=O)NC/C=C\C[C@@H](C)[C@@H](O)[C@H](C)[C@@H]1C/C=C\C[C@H](C)[C@@H](O)Cc2cc(OC)cc(O)c2C(=O)O1. The lowest BCUT2D eigenvalue weighted by Crippen LogP contribution is -2.37. The number of fused-ring (bicyclic) bond motifs is 1. The molecule has 1 aliphatic heterocycles. The highest BCUT2D eigenvalue weighted by Gasteiger charge is 2.32. The van der Waals surface area contributed by atoms with Crippen molar-refractivity contribution in [3.63, 3.8) is 0 Å². The standard InChI is InChI=1S/C33H51NO8/c1-7-12-26(35)22(4)32(39)34-16-11-10-14-21(3)31(38)23(5)29-15-9-8-13-20(2)27(36)18-24-17-25(41-6)19-28(37)30(24)33(40)42-29/h8-11,17,19-23,26-27,29,31,35-38H,7,12-16,18H2,1-6H3,(H,34,39)/b9-8-,11-10-/t20-,21+,22+,23+,26-,27-,29-,31+/m0/s1. The molecule has 1 aromatic carbocycles. The van der Waals surface area contributed by atoms with Crippen molar-refractivity contribution >= 4 is 11.9 Å². The smallest absolute Gasteiger partial charge is 0.342 e. The number of aromatic hydroxyl groups is 1. The van der Waals surface area contributed by atoms with Crippen LogP contribution in [0.1, 0.15) is 82.6 Å². The Morgan fingerprint density at radius 2 is 1.86 bits per heavy atom. The molecule has 0 bridgehead atoms. The number of allylic oxidation sites excluding steroid dienone is 2. The molecule has 1 aliphatic rings. The van der Waals surface area contributed by atoms with Crippen LogP contribution in [0, 0.1) is 23.7 Å². The average molecular weight is 590 g/mol. The van der Waals surface area contributed by atoms with Crippen LogP contribution < -0.4 is 10.1 Å². The van der Waals surface area contributed by atoms with Gasteiger partial charge in [-0.15, -0.1) is 0 Å². The van der Waals surface area contributed by atoms with Gasteiger partial charge in [0, 0.05) is 24.9 Å². The van der Waals surface area contributed by atoms with Crippen molar-refractivity contribution in [2.75, 3.05) is 13.7 Å². The van der Waals surface area contributed by atoms with Gasteiger partial charge in [-0.1, -0.05) is 65.3 Å². The molecule has 0 spiro atoms. The largest absolute Gasteiger partial charge is 0.507 e. The number of nitrogens with one attached hydrogen (secondary N) is 1. The molecule has 0 aliphatic carbocycles. The third-order valence-corrected chi connectivity index (χ3v) is 8.35. The van der Waals surface area contributed by atoms with Crippen LogP contribution in [0.4, 0.5) is 0 Å². The first kappa shape index (κ1) is 35.3. The second kappa shape index (κ2) is 17.3. The summed E-state index contributed by atoms with van der Waals surface area (Å²) in [6.07, 6.45) is 7.82. The number of phenols is 1. The topological polar surface area (TPSA) is 146 Å². The van der Waals surface area contributed by atoms with Crippen molar-refractivity contribution in [1.82, 2.24) is 5.32 Å². The fourth-order valence-electron chi connectivity index (χ4n) is 5.18. The molecule has 9 nitrogen and oxygen atoms in total. The van der Waals surface area contributed by atoms with E-state index < -0.39 is 42.2 Å². The number of benzene rings is 1. The number of methoxy groups -OCH3 is 1. The number of aliphatic hydroxyl groups is 3. The first-order valence-electron chi connectivity index (χ1n) is 15.1. The van der Waals surface area contributed by atoms with Crippen LogP contribution in [0.25, 0.3) is 0 Å². The number of hydrogen-bond donors (Lipinski definition) is 5. The van der Waals surface area contributed by atoms with Gasteiger partial charge in [-0.2, -0.15) is 0 Å². The number of esters is 1. The summed E-state index contributed by atoms with van der Waals surface area (Å²) >= 11 is 0. The van der Waals surface area contributed by atoms with Gasteiger partial charge in [0.25, 0.3) is 0 Å². The van der Waals surface area contributed by atoms with E-state index in [1.165, 1.54) is 13.2 Å². The van der Waals surface area contributed by atoms with Crippen molar-refractivity contribution in [2.45, 2.75) is 97.6 Å². The number of hydrogen-bond acceptors (Lipinski definition) is 8. The van der Waals surface area contributed by atoms with Gasteiger partial charge in [0.05, 0.1) is 31.3 Å². The van der Waals surface area contributed by atoms with Crippen molar-refractivity contribution in [2.24, 2.45) is 23.7 Å². The van der Waals surface area contributed by atoms with E-state index in [9.17, 15) is 30.0 Å². The lowest BCUT2D eigenvalue weighted by Gasteiger charge is -2.31. The number of phenolic OH excluding ortho intramolecular Hbond substituents is 1. The lowest BCUT2D eigenvalue weighted by atomic mass is 9.85. The van der Waals surface area contributed by atoms with Crippen molar-refractivity contribution in [1.29, 1.82) is 0 Å². The zero-order chi connectivity index (χ0) is 31.4. The molecule has 1 heterocycles. The average Bonchev–Trinajstić information content (AvgIpc) is 2.95. The van der Waals surface area contributed by atoms with E-state index in [2.05, 4.69) is 5.32 Å². The van der Waals surface area contributed by atoms with E-state index in [4.69, 9.17) is 9.47 Å². The van der Waals surface area contributed by atoms with Crippen LogP contribution in [0.2, 0.25) is 0 Å². The Morgan fingerprint density at radius 3 is 2.52 bits per heavy atom. The Balaban J connectivity index is 2.10. The van der Waals surface area contributed by atoms with Crippen LogP contribution in [0.3, 0.4) is 0 Å². The number of rotatable bonds is 12. The molecule has 0 radical (unpaired) electrons. The highest BCUT2D eigenvalue weighted by molar-refractivity contribution is 5.94. The van der Waals surface area contributed by atoms with E-state index in [0.717, 1.165) is 6.42 Å². The van der Waals surface area contributed by atoms with Gasteiger partial charge >= 0.3 is 5.97 Å². The zero-order valence-corrected chi connectivity index (χ0v) is 26.0. The minimum atomic E-state index is -0.794. The van der Waals surface area contributed by atoms with Gasteiger partial charge in [0.15, 0.2) is 0 Å². The van der Waals surface area contributed by atoms with E-state index in [1.54, 1.807) is 13.0 Å². The maximum atomic E-state index is 13.4. The van der Waals surface area contributed by atoms with E-state index in [-0.39, 0.29) is 35.5 Å². The van der Waals surface area contributed by atoms with Crippen molar-refractivity contribution in [3.05, 3.63) is 47.6 Å². The van der Waals surface area contributed by atoms with Crippen molar-refractivity contribution in [3.8, 4) is 11.5 Å². The molecule has 8 atom stereocenters. The summed E-state index contributed by atoms with van der Waals surface area (Å²) in [4.78, 5) is 25.6. The summed E-state index contributed by atoms with van der Waals surface area (Å²) in [5.41, 5.74) is 0.431. The molecule has 0 saturated carbocycles. The number of carbonyl (C=O) groups is 2. The van der Waals surface area contributed by atoms with Crippen LogP contribution >= 0.6 is 0 Å². The second-order valence-corrected chi connectivity index (χ2v) is 11.7. The Kier molecular flexibility index (Phi) is 14.5. The van der Waals surface area contributed by atoms with Gasteiger partial charge in [-0.25, -0.2) is 4.79 Å². The van der Waals surface area contributed by atoms with Crippen LogP contribution in [-0.2, 0) is 16.0 Å². The van der Waals surface area contributed by atoms with Crippen LogP contribution in [-0.4, -0.2) is 70.4 Å². The number of amides is 1. The Hall–Kier alpha value is -2.88. The molecule has 0 saturated heterocycles. The summed E-state index contributed by atoms with van der Waals surface area (Å²) in [5.74, 6) is -1.98. The fourth-order valence-corrected chi connectivity index (χ4v) is 5.18. The molecule has 5 N–H and O–H groups in total. The van der Waals surface area contributed by atoms with Gasteiger partial charge in [-0.3, -0.25) is 4.79 Å². The molecule has 236 valence electrons. The van der Waals surface area contributed by atoms with Gasteiger partial charge < -0.3 is 35.2 Å². The predicted octanol–water partition coefficient (Wildman–Crippen LogP) is 4.31. The van der Waals surface area contributed by atoms with E-state index in [1.807, 2.05) is 52.0 Å². The Labute approximate surface area is 250 Å². The first-order valence-corrected chi connectivity index (χ1v) is 15.1. The molecule has 0 aromatic heterocycles. The molecule has 1 aromatic rings. The zero-order valence-electron chi connectivity index (χ0n) is 26.0. The molecule has 42 heavy (non-hydrogen) atoms. The van der Waals surface area contributed by atoms with Gasteiger partial charge in [-0.05, 0) is 49.1 Å². The van der Waals surface area contributed by atoms with Crippen LogP contribution in [0.5, 0.6) is 11.5 Å². The Bertz CT molecular complexity index is 1070. The molecule has 0 fully saturated rings. The minimum Gasteiger partial charge on any atom is -0.507 e. The maximum Gasteiger partial charge on any atom is 0.342 e. The minimum absolute atomic E-state index is 0.00662. The third-order valence-electron chi connectivity index (χ3n) is 8.35. The predicted molar refractivity (Wildman–Crippen MR) is 162 cm³/mol. The highest BCUT2D eigenvalue weighted by atomic mass is 16.5. The maximum absolute atomic E-state index is 13.4. The number of ether oxygens (including phenoxy) is 2. The fraction of sp³-hybridized carbons (Fsp3) is 0.636. The lowest BCUT2D eigenvalue weighted by molar-refractivity contribution is -0.127. The summed E-state index contributed by atoms with van der Waals surface area (Å²) < 4.78 is 11.2. The number of cyclic esters (lactones) is 1. The highest BCUT2D eigenvalue weighted by Crippen LogP contribution is 2.33. The second-order valence-electron chi connectivity index (χ2n) is 11.7. The van der Waals surface area contributed by atoms with Crippen molar-refractivity contribution < 1.29 is 39.5 Å². The monoisotopic (exact) mass is 589 g/mol. The number of carbonyl (C=O) groups excluding carboxylic acids is 2. The quantitative estimate of drug-likeness (QED) is 0.179. The van der Waals surface area contributed by atoms with Gasteiger partial charge in [0.1, 0.15) is 23.2 Å². The normalized spacial score (nSPS) is 24.2. The van der Waals surface area contributed by atoms with Crippen LogP contribution in [0.15, 0.2) is 36.4 Å². The molecular weight excluding hydrogens is 538 g/mol. The van der Waals surface area contributed by atoms with Gasteiger partial charge in [0.2, 0.25) is 5.91 Å². The molecular formula is C33H51NO8. The Morgan fingerprint density at radius 1 is 1.17 bits per heavy atom. The summed E-state index contributed by atoms with van der Waals surface area (Å²) in [6, 6.07) is 2.98. The molecule has 2 rings (SSSR count). The molecule has 9 heteroatoms. The van der Waals surface area contributed by atoms with E-state index >= 15 is 0 Å². The van der Waals surface area contributed by atoms with E-state index in [0.29, 0.717) is 43.5 Å². The molecule has 0 unspecified atom stereocenters.